The predicted molar refractivity (Wildman–Crippen MR) is 94.7 cm³/mol. The van der Waals surface area contributed by atoms with E-state index >= 15 is 0 Å². The number of thiazole rings is 1. The zero-order chi connectivity index (χ0) is 15.5. The smallest absolute Gasteiger partial charge is 0.275 e. The van der Waals surface area contributed by atoms with E-state index in [9.17, 15) is 13.2 Å². The Balaban J connectivity index is 0.00000242. The van der Waals surface area contributed by atoms with Crippen LogP contribution in [0.3, 0.4) is 0 Å². The highest BCUT2D eigenvalue weighted by atomic mass is 35.5. The fraction of sp³-hybridized carbons (Fsp3) is 0.250. The van der Waals surface area contributed by atoms with Gasteiger partial charge in [-0.15, -0.1) is 36.2 Å². The summed E-state index contributed by atoms with van der Waals surface area (Å²) < 4.78 is 22.6. The third kappa shape index (κ3) is 6.04. The number of pyridine rings is 1. The first-order valence-corrected chi connectivity index (χ1v) is 8.79. The summed E-state index contributed by atoms with van der Waals surface area (Å²) in [6, 6.07) is 2.82. The number of hydrogen-bond donors (Lipinski definition) is 2. The number of halogens is 2. The normalized spacial score (nSPS) is 10.3. The van der Waals surface area contributed by atoms with Crippen LogP contribution in [-0.2, 0) is 16.3 Å². The van der Waals surface area contributed by atoms with Gasteiger partial charge in [0.05, 0.1) is 16.9 Å². The summed E-state index contributed by atoms with van der Waals surface area (Å²) in [5, 5.41) is 5.02. The summed E-state index contributed by atoms with van der Waals surface area (Å²) in [4.78, 5) is 19.9. The van der Waals surface area contributed by atoms with Crippen LogP contribution >= 0.6 is 36.2 Å². The summed E-state index contributed by atoms with van der Waals surface area (Å²) in [6.45, 7) is 0.478. The van der Waals surface area contributed by atoms with Crippen LogP contribution in [0, 0.1) is 0 Å². The number of nitrogens with two attached hydrogens (primary N) is 1. The molecule has 0 aliphatic carbocycles. The minimum Gasteiger partial charge on any atom is -0.330 e. The van der Waals surface area contributed by atoms with Crippen LogP contribution in [0.15, 0.2) is 28.7 Å². The highest BCUT2D eigenvalue weighted by molar-refractivity contribution is 7.90. The third-order valence-electron chi connectivity index (χ3n) is 2.52. The average molecular weight is 399 g/mol. The number of anilines is 1. The van der Waals surface area contributed by atoms with Crippen LogP contribution in [0.25, 0.3) is 0 Å². The van der Waals surface area contributed by atoms with Crippen molar-refractivity contribution in [2.75, 3.05) is 18.1 Å². The van der Waals surface area contributed by atoms with E-state index in [-0.39, 0.29) is 35.7 Å². The molecule has 0 atom stereocenters. The van der Waals surface area contributed by atoms with Crippen LogP contribution in [0.4, 0.5) is 5.69 Å². The first-order valence-electron chi connectivity index (χ1n) is 6.02. The van der Waals surface area contributed by atoms with E-state index in [1.807, 2.05) is 0 Å². The molecule has 0 saturated heterocycles. The van der Waals surface area contributed by atoms with Crippen molar-refractivity contribution in [3.8, 4) is 0 Å². The lowest BCUT2D eigenvalue weighted by molar-refractivity contribution is 0.102. The molecule has 2 aromatic heterocycles. The molecule has 0 bridgehead atoms. The molecule has 0 fully saturated rings. The Morgan fingerprint density at radius 3 is 2.57 bits per heavy atom. The Kier molecular flexibility index (Phi) is 8.64. The number of hydrogen-bond acceptors (Lipinski definition) is 7. The van der Waals surface area contributed by atoms with Crippen molar-refractivity contribution in [2.24, 2.45) is 5.73 Å². The molecule has 11 heteroatoms. The van der Waals surface area contributed by atoms with Gasteiger partial charge in [-0.3, -0.25) is 4.79 Å². The van der Waals surface area contributed by atoms with E-state index in [1.54, 1.807) is 5.38 Å². The molecule has 7 nitrogen and oxygen atoms in total. The molecule has 2 aromatic rings. The van der Waals surface area contributed by atoms with Crippen molar-refractivity contribution in [1.82, 2.24) is 9.97 Å². The molecule has 0 saturated carbocycles. The van der Waals surface area contributed by atoms with Gasteiger partial charge in [-0.05, 0) is 18.7 Å². The van der Waals surface area contributed by atoms with Gasteiger partial charge in [-0.2, -0.15) is 0 Å². The molecular formula is C12H16Cl2N4O3S2. The van der Waals surface area contributed by atoms with Gasteiger partial charge in [0.15, 0.2) is 14.9 Å². The number of carbonyl (C=O) groups excluding carboxylic acids is 1. The summed E-state index contributed by atoms with van der Waals surface area (Å²) in [6.07, 6.45) is 2.99. The molecule has 23 heavy (non-hydrogen) atoms. The predicted octanol–water partition coefficient (Wildman–Crippen LogP) is 1.54. The SMILES string of the molecule is CS(=O)(=O)c1ccc(NC(=O)c2csc(CCN)n2)cn1.Cl.Cl. The first kappa shape index (κ1) is 21.7. The van der Waals surface area contributed by atoms with Gasteiger partial charge in [0.25, 0.3) is 5.91 Å². The molecule has 128 valence electrons. The maximum Gasteiger partial charge on any atom is 0.275 e. The second kappa shape index (κ2) is 9.14. The number of nitrogens with zero attached hydrogens (tertiary/aromatic N) is 2. The monoisotopic (exact) mass is 398 g/mol. The molecule has 1 amide bonds. The summed E-state index contributed by atoms with van der Waals surface area (Å²) in [7, 11) is -3.35. The Hall–Kier alpha value is -1.26. The number of aromatic nitrogens is 2. The number of nitrogens with one attached hydrogen (secondary N) is 1. The lowest BCUT2D eigenvalue weighted by Crippen LogP contribution is -2.13. The van der Waals surface area contributed by atoms with Crippen molar-refractivity contribution in [3.63, 3.8) is 0 Å². The van der Waals surface area contributed by atoms with Gasteiger partial charge in [0.1, 0.15) is 5.69 Å². The molecule has 0 aliphatic rings. The van der Waals surface area contributed by atoms with Crippen molar-refractivity contribution in [3.05, 3.63) is 34.4 Å². The van der Waals surface area contributed by atoms with E-state index in [2.05, 4.69) is 15.3 Å². The van der Waals surface area contributed by atoms with Crippen LogP contribution in [0.1, 0.15) is 15.5 Å². The minimum absolute atomic E-state index is 0. The van der Waals surface area contributed by atoms with Crippen molar-refractivity contribution >= 4 is 57.6 Å². The van der Waals surface area contributed by atoms with E-state index in [4.69, 9.17) is 5.73 Å². The maximum atomic E-state index is 12.0. The van der Waals surface area contributed by atoms with Gasteiger partial charge in [-0.1, -0.05) is 0 Å². The fourth-order valence-corrected chi connectivity index (χ4v) is 2.88. The highest BCUT2D eigenvalue weighted by Gasteiger charge is 2.12. The van der Waals surface area contributed by atoms with Crippen LogP contribution in [0.2, 0.25) is 0 Å². The Morgan fingerprint density at radius 1 is 1.35 bits per heavy atom. The first-order chi connectivity index (χ1) is 9.90. The summed E-state index contributed by atoms with van der Waals surface area (Å²) in [5.74, 6) is -0.372. The minimum atomic E-state index is -3.35. The van der Waals surface area contributed by atoms with E-state index in [1.165, 1.54) is 29.7 Å². The molecule has 2 rings (SSSR count). The van der Waals surface area contributed by atoms with Gasteiger partial charge in [0.2, 0.25) is 0 Å². The molecule has 0 aromatic carbocycles. The molecule has 0 unspecified atom stereocenters. The van der Waals surface area contributed by atoms with Crippen LogP contribution in [0.5, 0.6) is 0 Å². The Morgan fingerprint density at radius 2 is 2.04 bits per heavy atom. The largest absolute Gasteiger partial charge is 0.330 e. The quantitative estimate of drug-likeness (QED) is 0.788. The van der Waals surface area contributed by atoms with Gasteiger partial charge >= 0.3 is 0 Å². The maximum absolute atomic E-state index is 12.0. The fourth-order valence-electron chi connectivity index (χ4n) is 1.52. The van der Waals surface area contributed by atoms with Gasteiger partial charge < -0.3 is 11.1 Å². The molecule has 0 spiro atoms. The Labute approximate surface area is 150 Å². The lowest BCUT2D eigenvalue weighted by atomic mass is 10.4. The van der Waals surface area contributed by atoms with E-state index < -0.39 is 9.84 Å². The van der Waals surface area contributed by atoms with Crippen LogP contribution in [-0.4, -0.2) is 37.1 Å². The van der Waals surface area contributed by atoms with Crippen LogP contribution < -0.4 is 11.1 Å². The second-order valence-corrected chi connectivity index (χ2v) is 7.18. The highest BCUT2D eigenvalue weighted by Crippen LogP contribution is 2.14. The molecule has 3 N–H and O–H groups in total. The average Bonchev–Trinajstić information content (AvgIpc) is 2.87. The topological polar surface area (TPSA) is 115 Å². The van der Waals surface area contributed by atoms with E-state index in [0.29, 0.717) is 24.3 Å². The number of sulfone groups is 1. The third-order valence-corrected chi connectivity index (χ3v) is 4.43. The molecule has 0 radical (unpaired) electrons. The zero-order valence-electron chi connectivity index (χ0n) is 12.1. The number of carbonyl (C=O) groups is 1. The Bertz CT molecular complexity index is 748. The second-order valence-electron chi connectivity index (χ2n) is 4.28. The summed E-state index contributed by atoms with van der Waals surface area (Å²) in [5.41, 5.74) is 6.13. The lowest BCUT2D eigenvalue weighted by Gasteiger charge is -2.03. The summed E-state index contributed by atoms with van der Waals surface area (Å²) >= 11 is 1.37. The number of amides is 1. The number of rotatable bonds is 5. The zero-order valence-corrected chi connectivity index (χ0v) is 15.3. The molecule has 2 heterocycles. The molecule has 0 aliphatic heterocycles. The van der Waals surface area contributed by atoms with Gasteiger partial charge in [-0.25, -0.2) is 18.4 Å². The van der Waals surface area contributed by atoms with Gasteiger partial charge in [0, 0.05) is 18.1 Å². The van der Waals surface area contributed by atoms with Crippen molar-refractivity contribution in [1.29, 1.82) is 0 Å². The molecular weight excluding hydrogens is 383 g/mol. The standard InChI is InChI=1S/C12H14N4O3S2.2ClH/c1-21(18,19)11-3-2-8(6-14-11)15-12(17)9-7-20-10(16-9)4-5-13;;/h2-3,6-7H,4-5,13H2,1H3,(H,15,17);2*1H. The van der Waals surface area contributed by atoms with Crippen molar-refractivity contribution < 1.29 is 13.2 Å². The van der Waals surface area contributed by atoms with E-state index in [0.717, 1.165) is 11.3 Å². The van der Waals surface area contributed by atoms with Crippen molar-refractivity contribution in [2.45, 2.75) is 11.4 Å².